The molecular weight excluding hydrogens is 467 g/mol. The van der Waals surface area contributed by atoms with E-state index in [-0.39, 0.29) is 23.6 Å². The maximum Gasteiger partial charge on any atom is 0.232 e. The smallest absolute Gasteiger partial charge is 0.232 e. The second-order valence-corrected chi connectivity index (χ2v) is 10.0. The van der Waals surface area contributed by atoms with Gasteiger partial charge in [0.25, 0.3) is 0 Å². The predicted octanol–water partition coefficient (Wildman–Crippen LogP) is 4.78. The molecule has 0 bridgehead atoms. The van der Waals surface area contributed by atoms with Gasteiger partial charge in [-0.3, -0.25) is 4.98 Å². The molecule has 1 fully saturated rings. The second kappa shape index (κ2) is 11.5. The molecule has 3 aromatic rings. The van der Waals surface area contributed by atoms with Crippen LogP contribution >= 0.6 is 12.4 Å². The van der Waals surface area contributed by atoms with Gasteiger partial charge in [-0.25, -0.2) is 4.39 Å². The van der Waals surface area contributed by atoms with E-state index in [2.05, 4.69) is 30.7 Å². The first kappa shape index (κ1) is 27.0. The molecule has 1 unspecified atom stereocenters. The van der Waals surface area contributed by atoms with Gasteiger partial charge in [-0.05, 0) is 44.0 Å². The Morgan fingerprint density at radius 1 is 1.17 bits per heavy atom. The van der Waals surface area contributed by atoms with Crippen molar-refractivity contribution in [3.05, 3.63) is 59.3 Å². The van der Waals surface area contributed by atoms with Crippen LogP contribution in [-0.4, -0.2) is 41.3 Å². The van der Waals surface area contributed by atoms with Gasteiger partial charge in [0.1, 0.15) is 5.82 Å². The number of anilines is 1. The van der Waals surface area contributed by atoms with Gasteiger partial charge in [0.2, 0.25) is 5.89 Å². The molecule has 1 aromatic carbocycles. The van der Waals surface area contributed by atoms with Crippen LogP contribution in [0.4, 0.5) is 10.1 Å². The molecule has 1 aliphatic heterocycles. The molecule has 3 heterocycles. The molecule has 4 rings (SSSR count). The van der Waals surface area contributed by atoms with Crippen LogP contribution in [0, 0.1) is 12.7 Å². The van der Waals surface area contributed by atoms with Gasteiger partial charge in [-0.2, -0.15) is 4.98 Å². The fraction of sp³-hybridized carbons (Fsp3) is 0.500. The van der Waals surface area contributed by atoms with E-state index in [1.807, 2.05) is 59.1 Å². The lowest BCUT2D eigenvalue weighted by atomic mass is 9.97. The van der Waals surface area contributed by atoms with Crippen molar-refractivity contribution in [1.82, 2.24) is 25.8 Å². The van der Waals surface area contributed by atoms with Crippen molar-refractivity contribution in [2.24, 2.45) is 0 Å². The minimum Gasteiger partial charge on any atom is -0.368 e. The van der Waals surface area contributed by atoms with E-state index in [4.69, 9.17) is 4.52 Å². The van der Waals surface area contributed by atoms with E-state index in [0.29, 0.717) is 42.0 Å². The van der Waals surface area contributed by atoms with Crippen LogP contribution < -0.4 is 15.5 Å². The zero-order valence-electron chi connectivity index (χ0n) is 21.2. The Morgan fingerprint density at radius 2 is 1.97 bits per heavy atom. The van der Waals surface area contributed by atoms with Crippen molar-refractivity contribution < 1.29 is 8.91 Å². The molecule has 0 spiro atoms. The summed E-state index contributed by atoms with van der Waals surface area (Å²) in [4.78, 5) is 11.1. The number of hydrogen-bond donors (Lipinski definition) is 2. The Balaban J connectivity index is 0.00000342. The molecule has 1 atom stereocenters. The number of benzene rings is 1. The largest absolute Gasteiger partial charge is 0.368 e. The Kier molecular flexibility index (Phi) is 8.85. The monoisotopic (exact) mass is 502 g/mol. The first-order valence-electron chi connectivity index (χ1n) is 12.0. The molecule has 7 nitrogen and oxygen atoms in total. The van der Waals surface area contributed by atoms with Crippen molar-refractivity contribution in [1.29, 1.82) is 0 Å². The van der Waals surface area contributed by atoms with Crippen LogP contribution in [0.3, 0.4) is 0 Å². The van der Waals surface area contributed by atoms with Crippen LogP contribution in [0.25, 0.3) is 11.1 Å². The van der Waals surface area contributed by atoms with Crippen molar-refractivity contribution >= 4 is 18.1 Å². The number of aromatic nitrogens is 3. The highest BCUT2D eigenvalue weighted by molar-refractivity contribution is 5.85. The van der Waals surface area contributed by atoms with Crippen LogP contribution in [0.5, 0.6) is 0 Å². The van der Waals surface area contributed by atoms with Gasteiger partial charge >= 0.3 is 0 Å². The molecule has 9 heteroatoms. The van der Waals surface area contributed by atoms with Gasteiger partial charge in [-0.1, -0.05) is 38.1 Å². The SMILES string of the molecule is CNC1CCCN(c2cnccc2-c2ccc(CNCc3noc(C(C)(C)C)n3)c(C)c2F)C1.Cl. The topological polar surface area (TPSA) is 79.1 Å². The van der Waals surface area contributed by atoms with Crippen LogP contribution in [0.15, 0.2) is 35.1 Å². The normalized spacial score (nSPS) is 16.3. The maximum absolute atomic E-state index is 15.6. The summed E-state index contributed by atoms with van der Waals surface area (Å²) < 4.78 is 20.9. The lowest BCUT2D eigenvalue weighted by Gasteiger charge is -2.35. The summed E-state index contributed by atoms with van der Waals surface area (Å²) >= 11 is 0. The fourth-order valence-electron chi connectivity index (χ4n) is 4.36. The zero-order valence-corrected chi connectivity index (χ0v) is 22.0. The molecule has 0 aliphatic carbocycles. The van der Waals surface area contributed by atoms with Gasteiger partial charge in [-0.15, -0.1) is 12.4 Å². The summed E-state index contributed by atoms with van der Waals surface area (Å²) in [6, 6.07) is 6.22. The molecule has 1 saturated heterocycles. The molecule has 2 N–H and O–H groups in total. The Morgan fingerprint density at radius 3 is 2.69 bits per heavy atom. The second-order valence-electron chi connectivity index (χ2n) is 10.0. The number of piperidine rings is 1. The van der Waals surface area contributed by atoms with Crippen LogP contribution in [0.2, 0.25) is 0 Å². The maximum atomic E-state index is 15.6. The van der Waals surface area contributed by atoms with E-state index in [1.165, 1.54) is 0 Å². The van der Waals surface area contributed by atoms with Gasteiger partial charge in [0.05, 0.1) is 18.4 Å². The number of nitrogens with zero attached hydrogens (tertiary/aromatic N) is 4. The molecule has 1 aliphatic rings. The molecule has 190 valence electrons. The molecule has 35 heavy (non-hydrogen) atoms. The Labute approximate surface area is 213 Å². The van der Waals surface area contributed by atoms with Crippen molar-refractivity contribution in [2.75, 3.05) is 25.0 Å². The van der Waals surface area contributed by atoms with Gasteiger partial charge in [0, 0.05) is 48.4 Å². The first-order valence-corrected chi connectivity index (χ1v) is 12.0. The lowest BCUT2D eigenvalue weighted by Crippen LogP contribution is -2.44. The molecule has 0 saturated carbocycles. The van der Waals surface area contributed by atoms with Crippen molar-refractivity contribution in [3.63, 3.8) is 0 Å². The average molecular weight is 503 g/mol. The van der Waals surface area contributed by atoms with E-state index in [9.17, 15) is 0 Å². The summed E-state index contributed by atoms with van der Waals surface area (Å²) in [5.74, 6) is 1.02. The lowest BCUT2D eigenvalue weighted by molar-refractivity contribution is 0.317. The molecular formula is C26H36ClFN6O. The number of rotatable bonds is 7. The number of nitrogens with one attached hydrogen (secondary N) is 2. The quantitative estimate of drug-likeness (QED) is 0.481. The summed E-state index contributed by atoms with van der Waals surface area (Å²) in [6.07, 6.45) is 5.84. The minimum absolute atomic E-state index is 0. The third kappa shape index (κ3) is 6.18. The third-order valence-electron chi connectivity index (χ3n) is 6.47. The highest BCUT2D eigenvalue weighted by Gasteiger charge is 2.23. The van der Waals surface area contributed by atoms with Crippen molar-refractivity contribution in [2.45, 2.75) is 65.1 Å². The first-order chi connectivity index (χ1) is 16.3. The average Bonchev–Trinajstić information content (AvgIpc) is 3.32. The van der Waals surface area contributed by atoms with Crippen LogP contribution in [-0.2, 0) is 18.5 Å². The number of halogens is 2. The molecule has 2 aromatic heterocycles. The van der Waals surface area contributed by atoms with Crippen molar-refractivity contribution in [3.8, 4) is 11.1 Å². The van der Waals surface area contributed by atoms with E-state index < -0.39 is 0 Å². The van der Waals surface area contributed by atoms with E-state index >= 15 is 4.39 Å². The Bertz CT molecular complexity index is 1130. The third-order valence-corrected chi connectivity index (χ3v) is 6.47. The number of pyridine rings is 1. The summed E-state index contributed by atoms with van der Waals surface area (Å²) in [5, 5.41) is 10.7. The molecule has 0 radical (unpaired) electrons. The van der Waals surface area contributed by atoms with E-state index in [0.717, 1.165) is 42.7 Å². The van der Waals surface area contributed by atoms with Gasteiger partial charge in [0.15, 0.2) is 5.82 Å². The highest BCUT2D eigenvalue weighted by atomic mass is 35.5. The Hall–Kier alpha value is -2.55. The van der Waals surface area contributed by atoms with E-state index in [1.54, 1.807) is 6.20 Å². The zero-order chi connectivity index (χ0) is 24.3. The number of hydrogen-bond acceptors (Lipinski definition) is 7. The molecule has 0 amide bonds. The highest BCUT2D eigenvalue weighted by Crippen LogP contribution is 2.35. The summed E-state index contributed by atoms with van der Waals surface area (Å²) in [6.45, 7) is 10.7. The summed E-state index contributed by atoms with van der Waals surface area (Å²) in [5.41, 5.74) is 3.84. The minimum atomic E-state index is -0.191. The fourth-order valence-corrected chi connectivity index (χ4v) is 4.36. The van der Waals surface area contributed by atoms with Crippen LogP contribution in [0.1, 0.15) is 56.5 Å². The van der Waals surface area contributed by atoms with Gasteiger partial charge < -0.3 is 20.1 Å². The summed E-state index contributed by atoms with van der Waals surface area (Å²) in [7, 11) is 2.00. The predicted molar refractivity (Wildman–Crippen MR) is 139 cm³/mol. The number of likely N-dealkylation sites (N-methyl/N-ethyl adjacent to an activating group) is 1. The standard InChI is InChI=1S/C26H35FN6O.ClH/c1-17-18(13-30-15-23-31-25(34-32-23)26(2,3)4)8-9-21(24(17)27)20-10-11-29-14-22(20)33-12-6-7-19(16-33)28-5;/h8-11,14,19,28,30H,6-7,12-13,15-16H2,1-5H3;1H.